The Morgan fingerprint density at radius 2 is 1.54 bits per heavy atom. The minimum absolute atomic E-state index is 0.0164. The zero-order chi connectivity index (χ0) is 26.9. The molecule has 0 spiro atoms. The van der Waals surface area contributed by atoms with Crippen molar-refractivity contribution in [3.05, 3.63) is 87.5 Å². The quantitative estimate of drug-likeness (QED) is 0.254. The molecule has 0 radical (unpaired) electrons. The monoisotopic (exact) mass is 505 g/mol. The lowest BCUT2D eigenvalue weighted by molar-refractivity contribution is 0.0695. The van der Waals surface area contributed by atoms with Gasteiger partial charge in [-0.15, -0.1) is 0 Å². The summed E-state index contributed by atoms with van der Waals surface area (Å²) in [5.74, 6) is -2.70. The molecule has 2 aromatic heterocycles. The molecule has 0 aliphatic heterocycles. The molecule has 2 amide bonds. The Balaban J connectivity index is 1.58. The number of anilines is 2. The van der Waals surface area contributed by atoms with Crippen molar-refractivity contribution in [2.75, 3.05) is 11.5 Å². The number of nitrogen functional groups attached to an aromatic ring is 2. The first-order chi connectivity index (χ1) is 17.5. The van der Waals surface area contributed by atoms with Gasteiger partial charge in [-0.25, -0.2) is 14.2 Å². The van der Waals surface area contributed by atoms with E-state index in [9.17, 15) is 23.9 Å². The summed E-state index contributed by atoms with van der Waals surface area (Å²) < 4.78 is 14.8. The number of aromatic carboxylic acids is 1. The van der Waals surface area contributed by atoms with E-state index in [2.05, 4.69) is 20.6 Å². The molecule has 190 valence electrons. The van der Waals surface area contributed by atoms with E-state index >= 15 is 0 Å². The second-order valence-electron chi connectivity index (χ2n) is 8.44. The van der Waals surface area contributed by atoms with Crippen molar-refractivity contribution in [2.45, 2.75) is 26.9 Å². The van der Waals surface area contributed by atoms with Gasteiger partial charge in [-0.3, -0.25) is 14.0 Å². The zero-order valence-electron chi connectivity index (χ0n) is 20.0. The maximum absolute atomic E-state index is 13.6. The third-order valence-electron chi connectivity index (χ3n) is 5.76. The Kier molecular flexibility index (Phi) is 6.74. The molecule has 0 saturated heterocycles. The number of fused-ring (bicyclic) bond motifs is 1. The first-order valence-electron chi connectivity index (χ1n) is 11.1. The number of benzene rings is 2. The summed E-state index contributed by atoms with van der Waals surface area (Å²) in [6.07, 6.45) is 0. The number of amides is 2. The minimum Gasteiger partial charge on any atom is -0.478 e. The molecule has 0 unspecified atom stereocenters. The number of carbonyl (C=O) groups excluding carboxylic acids is 2. The second-order valence-corrected chi connectivity index (χ2v) is 8.44. The number of nitrogens with one attached hydrogen (secondary N) is 2. The van der Waals surface area contributed by atoms with Crippen LogP contribution in [-0.2, 0) is 13.1 Å². The molecule has 0 aliphatic carbocycles. The molecule has 0 atom stereocenters. The second kappa shape index (κ2) is 9.93. The van der Waals surface area contributed by atoms with Crippen molar-refractivity contribution in [3.63, 3.8) is 0 Å². The van der Waals surface area contributed by atoms with Crippen molar-refractivity contribution in [3.8, 4) is 0 Å². The number of imidazole rings is 1. The van der Waals surface area contributed by atoms with E-state index in [4.69, 9.17) is 11.5 Å². The molecule has 4 rings (SSSR count). The number of aromatic nitrogens is 3. The summed E-state index contributed by atoms with van der Waals surface area (Å²) in [7, 11) is 0. The van der Waals surface area contributed by atoms with Crippen LogP contribution in [0, 0.1) is 19.7 Å². The Morgan fingerprint density at radius 1 is 0.919 bits per heavy atom. The van der Waals surface area contributed by atoms with Crippen molar-refractivity contribution in [1.82, 2.24) is 25.0 Å². The number of carboxylic acids is 1. The van der Waals surface area contributed by atoms with Crippen LogP contribution in [0.4, 0.5) is 16.2 Å². The van der Waals surface area contributed by atoms with Crippen LogP contribution in [0.5, 0.6) is 0 Å². The van der Waals surface area contributed by atoms with Crippen LogP contribution < -0.4 is 22.1 Å². The number of nitrogens with two attached hydrogens (primary N) is 2. The van der Waals surface area contributed by atoms with Gasteiger partial charge in [-0.05, 0) is 54.3 Å². The number of hydrogen-bond donors (Lipinski definition) is 5. The number of nitrogens with zero attached hydrogens (tertiary/aromatic N) is 3. The van der Waals surface area contributed by atoms with Crippen LogP contribution in [0.2, 0.25) is 0 Å². The number of rotatable bonds is 7. The van der Waals surface area contributed by atoms with Gasteiger partial charge in [0.25, 0.3) is 11.8 Å². The Bertz CT molecular complexity index is 1560. The van der Waals surface area contributed by atoms with Gasteiger partial charge in [-0.1, -0.05) is 24.3 Å². The third-order valence-corrected chi connectivity index (χ3v) is 5.76. The largest absolute Gasteiger partial charge is 0.478 e. The minimum atomic E-state index is -1.04. The molecule has 0 bridgehead atoms. The normalized spacial score (nSPS) is 10.9. The van der Waals surface area contributed by atoms with Gasteiger partial charge in [0.1, 0.15) is 17.2 Å². The fourth-order valence-electron chi connectivity index (χ4n) is 3.85. The Morgan fingerprint density at radius 3 is 2.16 bits per heavy atom. The maximum atomic E-state index is 13.6. The lowest BCUT2D eigenvalue weighted by atomic mass is 10.1. The molecular weight excluding hydrogens is 481 g/mol. The molecule has 12 heteroatoms. The highest BCUT2D eigenvalue weighted by Gasteiger charge is 2.21. The average Bonchev–Trinajstić information content (AvgIpc) is 3.15. The van der Waals surface area contributed by atoms with Crippen LogP contribution in [0.3, 0.4) is 0 Å². The molecular formula is C25H24FN7O4. The van der Waals surface area contributed by atoms with Gasteiger partial charge in [0, 0.05) is 13.1 Å². The maximum Gasteiger partial charge on any atom is 0.335 e. The zero-order valence-corrected chi connectivity index (χ0v) is 20.0. The van der Waals surface area contributed by atoms with Crippen LogP contribution in [-0.4, -0.2) is 37.3 Å². The molecule has 37 heavy (non-hydrogen) atoms. The van der Waals surface area contributed by atoms with E-state index in [-0.39, 0.29) is 53.3 Å². The number of aryl methyl sites for hydroxylation is 2. The standard InChI is InChI=1S/C25H24FN7O4/c1-12-7-14(3-5-16(12)24(36)37)10-29-22(34)18-9-19(33-21(31-18)20(27)32-25(33)28)23(35)30-11-15-4-6-17(26)13(2)8-15/h3-9H,10-11,27H2,1-2H3,(H2,28,32)(H,29,34)(H,30,35)(H,36,37). The van der Waals surface area contributed by atoms with Gasteiger partial charge in [0.15, 0.2) is 11.5 Å². The molecule has 0 fully saturated rings. The fraction of sp³-hybridized carbons (Fsp3) is 0.160. The summed E-state index contributed by atoms with van der Waals surface area (Å²) in [6.45, 7) is 3.47. The Hall–Kier alpha value is -5.00. The summed E-state index contributed by atoms with van der Waals surface area (Å²) in [6, 6.07) is 10.5. The highest BCUT2D eigenvalue weighted by molar-refractivity contribution is 5.99. The first-order valence-corrected chi connectivity index (χ1v) is 11.1. The highest BCUT2D eigenvalue weighted by atomic mass is 19.1. The number of halogens is 1. The number of carboxylic acid groups (broad SMARTS) is 1. The van der Waals surface area contributed by atoms with Crippen LogP contribution in [0.15, 0.2) is 42.5 Å². The lowest BCUT2D eigenvalue weighted by Crippen LogP contribution is -2.28. The van der Waals surface area contributed by atoms with Crippen molar-refractivity contribution in [1.29, 1.82) is 0 Å². The highest BCUT2D eigenvalue weighted by Crippen LogP contribution is 2.19. The predicted octanol–water partition coefficient (Wildman–Crippen LogP) is 2.21. The van der Waals surface area contributed by atoms with Gasteiger partial charge >= 0.3 is 5.97 Å². The van der Waals surface area contributed by atoms with E-state index in [1.165, 1.54) is 22.6 Å². The van der Waals surface area contributed by atoms with Crippen molar-refractivity contribution < 1.29 is 23.9 Å². The third kappa shape index (κ3) is 5.17. The fourth-order valence-corrected chi connectivity index (χ4v) is 3.85. The smallest absolute Gasteiger partial charge is 0.335 e. The lowest BCUT2D eigenvalue weighted by Gasteiger charge is -2.12. The molecule has 0 saturated carbocycles. The van der Waals surface area contributed by atoms with E-state index in [1.807, 2.05) is 0 Å². The molecule has 7 N–H and O–H groups in total. The topological polar surface area (TPSA) is 178 Å². The summed E-state index contributed by atoms with van der Waals surface area (Å²) >= 11 is 0. The summed E-state index contributed by atoms with van der Waals surface area (Å²) in [5.41, 5.74) is 14.3. The van der Waals surface area contributed by atoms with E-state index in [1.54, 1.807) is 38.1 Å². The molecule has 2 heterocycles. The first kappa shape index (κ1) is 25.1. The van der Waals surface area contributed by atoms with E-state index in [0.29, 0.717) is 22.3 Å². The molecule has 2 aromatic carbocycles. The van der Waals surface area contributed by atoms with Crippen LogP contribution >= 0.6 is 0 Å². The molecule has 0 aliphatic rings. The van der Waals surface area contributed by atoms with E-state index < -0.39 is 17.8 Å². The average molecular weight is 506 g/mol. The SMILES string of the molecule is Cc1cc(CNC(=O)c2cc(C(=O)NCc3ccc(C(=O)O)c(C)c3)nc3c(N)nc(N)n23)ccc1F. The van der Waals surface area contributed by atoms with Crippen LogP contribution in [0.1, 0.15) is 53.6 Å². The molecule has 11 nitrogen and oxygen atoms in total. The summed E-state index contributed by atoms with van der Waals surface area (Å²) in [4.78, 5) is 45.4. The molecule has 4 aromatic rings. The van der Waals surface area contributed by atoms with Gasteiger partial charge in [-0.2, -0.15) is 4.98 Å². The predicted molar refractivity (Wildman–Crippen MR) is 133 cm³/mol. The van der Waals surface area contributed by atoms with Gasteiger partial charge in [0.2, 0.25) is 5.95 Å². The van der Waals surface area contributed by atoms with E-state index in [0.717, 1.165) is 0 Å². The number of hydrogen-bond acceptors (Lipinski definition) is 7. The van der Waals surface area contributed by atoms with Crippen LogP contribution in [0.25, 0.3) is 5.65 Å². The van der Waals surface area contributed by atoms with Gasteiger partial charge in [0.05, 0.1) is 5.56 Å². The Labute approximate surface area is 210 Å². The number of carbonyl (C=O) groups is 3. The van der Waals surface area contributed by atoms with Gasteiger partial charge < -0.3 is 27.2 Å². The van der Waals surface area contributed by atoms with Crippen molar-refractivity contribution >= 4 is 35.2 Å². The summed E-state index contributed by atoms with van der Waals surface area (Å²) in [5, 5.41) is 14.6. The van der Waals surface area contributed by atoms with Crippen molar-refractivity contribution in [2.24, 2.45) is 0 Å².